The van der Waals surface area contributed by atoms with Crippen molar-refractivity contribution in [2.75, 3.05) is 6.54 Å². The lowest BCUT2D eigenvalue weighted by atomic mass is 10.2. The van der Waals surface area contributed by atoms with Crippen LogP contribution in [0, 0.1) is 5.82 Å². The van der Waals surface area contributed by atoms with Crippen molar-refractivity contribution in [2.24, 2.45) is 0 Å². The number of nitrogens with one attached hydrogen (secondary N) is 1. The van der Waals surface area contributed by atoms with Gasteiger partial charge in [-0.15, -0.1) is 11.6 Å². The SMILES string of the molecule is CCC(Cl)CCNCc1cccc(Cl)c1F. The molecule has 1 aromatic rings. The lowest BCUT2D eigenvalue weighted by Crippen LogP contribution is -2.18. The summed E-state index contributed by atoms with van der Waals surface area (Å²) in [4.78, 5) is 0. The lowest BCUT2D eigenvalue weighted by Gasteiger charge is -2.09. The fourth-order valence-electron chi connectivity index (χ4n) is 1.37. The highest BCUT2D eigenvalue weighted by molar-refractivity contribution is 6.30. The van der Waals surface area contributed by atoms with Crippen LogP contribution in [0.15, 0.2) is 18.2 Å². The summed E-state index contributed by atoms with van der Waals surface area (Å²) in [6, 6.07) is 5.03. The van der Waals surface area contributed by atoms with Gasteiger partial charge in [0.2, 0.25) is 0 Å². The molecule has 90 valence electrons. The fraction of sp³-hybridized carbons (Fsp3) is 0.500. The van der Waals surface area contributed by atoms with Crippen molar-refractivity contribution in [3.05, 3.63) is 34.6 Å². The van der Waals surface area contributed by atoms with Crippen molar-refractivity contribution in [2.45, 2.75) is 31.7 Å². The number of benzene rings is 1. The highest BCUT2D eigenvalue weighted by Crippen LogP contribution is 2.17. The summed E-state index contributed by atoms with van der Waals surface area (Å²) in [6.07, 6.45) is 1.84. The Morgan fingerprint density at radius 3 is 2.88 bits per heavy atom. The largest absolute Gasteiger partial charge is 0.313 e. The topological polar surface area (TPSA) is 12.0 Å². The average molecular weight is 264 g/mol. The number of alkyl halides is 1. The van der Waals surface area contributed by atoms with Crippen LogP contribution in [-0.4, -0.2) is 11.9 Å². The lowest BCUT2D eigenvalue weighted by molar-refractivity contribution is 0.575. The molecule has 0 aliphatic rings. The average Bonchev–Trinajstić information content (AvgIpc) is 2.29. The molecule has 0 radical (unpaired) electrons. The second kappa shape index (κ2) is 7.10. The summed E-state index contributed by atoms with van der Waals surface area (Å²) in [5.74, 6) is -0.338. The van der Waals surface area contributed by atoms with E-state index < -0.39 is 0 Å². The Hall–Kier alpha value is -0.310. The van der Waals surface area contributed by atoms with Crippen molar-refractivity contribution < 1.29 is 4.39 Å². The molecule has 1 N–H and O–H groups in total. The normalized spacial score (nSPS) is 12.8. The van der Waals surface area contributed by atoms with Gasteiger partial charge in [-0.1, -0.05) is 30.7 Å². The van der Waals surface area contributed by atoms with E-state index in [2.05, 4.69) is 5.32 Å². The predicted molar refractivity (Wildman–Crippen MR) is 67.7 cm³/mol. The number of hydrogen-bond acceptors (Lipinski definition) is 1. The molecule has 0 aromatic heterocycles. The van der Waals surface area contributed by atoms with E-state index in [1.165, 1.54) is 0 Å². The van der Waals surface area contributed by atoms with Crippen LogP contribution in [0.5, 0.6) is 0 Å². The van der Waals surface area contributed by atoms with Crippen molar-refractivity contribution in [3.63, 3.8) is 0 Å². The molecule has 0 spiro atoms. The maximum atomic E-state index is 13.5. The van der Waals surface area contributed by atoms with E-state index in [-0.39, 0.29) is 16.2 Å². The fourth-order valence-corrected chi connectivity index (χ4v) is 1.67. The standard InChI is InChI=1S/C12H16Cl2FN/c1-2-10(13)6-7-16-8-9-4-3-5-11(14)12(9)15/h3-5,10,16H,2,6-8H2,1H3. The van der Waals surface area contributed by atoms with Gasteiger partial charge in [-0.25, -0.2) is 4.39 Å². The third kappa shape index (κ3) is 4.28. The van der Waals surface area contributed by atoms with Crippen molar-refractivity contribution >= 4 is 23.2 Å². The van der Waals surface area contributed by atoms with Gasteiger partial charge in [-0.2, -0.15) is 0 Å². The first kappa shape index (κ1) is 13.8. The number of halogens is 3. The number of hydrogen-bond donors (Lipinski definition) is 1. The molecule has 0 aliphatic heterocycles. The Bertz CT molecular complexity index is 331. The molecule has 1 aromatic carbocycles. The van der Waals surface area contributed by atoms with Crippen LogP contribution in [0.1, 0.15) is 25.3 Å². The van der Waals surface area contributed by atoms with Gasteiger partial charge in [0.1, 0.15) is 5.82 Å². The van der Waals surface area contributed by atoms with E-state index in [9.17, 15) is 4.39 Å². The molecule has 0 amide bonds. The second-order valence-electron chi connectivity index (χ2n) is 3.68. The van der Waals surface area contributed by atoms with Crippen LogP contribution in [0.25, 0.3) is 0 Å². The van der Waals surface area contributed by atoms with E-state index in [4.69, 9.17) is 23.2 Å². The molecule has 4 heteroatoms. The molecular formula is C12H16Cl2FN. The Morgan fingerprint density at radius 2 is 2.19 bits per heavy atom. The first-order valence-corrected chi connectivity index (χ1v) is 6.24. The Morgan fingerprint density at radius 1 is 1.44 bits per heavy atom. The van der Waals surface area contributed by atoms with Gasteiger partial charge in [0.05, 0.1) is 5.02 Å². The maximum Gasteiger partial charge on any atom is 0.146 e. The van der Waals surface area contributed by atoms with Gasteiger partial charge >= 0.3 is 0 Å². The van der Waals surface area contributed by atoms with E-state index in [1.807, 2.05) is 6.92 Å². The molecule has 0 aliphatic carbocycles. The minimum atomic E-state index is -0.338. The molecule has 1 unspecified atom stereocenters. The molecule has 1 nitrogen and oxygen atoms in total. The predicted octanol–water partition coefficient (Wildman–Crippen LogP) is 3.98. The molecule has 16 heavy (non-hydrogen) atoms. The zero-order valence-corrected chi connectivity index (χ0v) is 10.8. The van der Waals surface area contributed by atoms with Crippen LogP contribution in [0.3, 0.4) is 0 Å². The maximum absolute atomic E-state index is 13.5. The molecule has 0 fully saturated rings. The summed E-state index contributed by atoms with van der Waals surface area (Å²) in [5.41, 5.74) is 0.593. The first-order valence-electron chi connectivity index (χ1n) is 5.42. The summed E-state index contributed by atoms with van der Waals surface area (Å²) in [5, 5.41) is 3.51. The third-order valence-corrected chi connectivity index (χ3v) is 3.24. The van der Waals surface area contributed by atoms with Crippen LogP contribution < -0.4 is 5.32 Å². The van der Waals surface area contributed by atoms with Gasteiger partial charge in [0.25, 0.3) is 0 Å². The third-order valence-electron chi connectivity index (χ3n) is 2.42. The van der Waals surface area contributed by atoms with E-state index >= 15 is 0 Å². The van der Waals surface area contributed by atoms with Gasteiger partial charge in [-0.05, 0) is 25.5 Å². The van der Waals surface area contributed by atoms with Crippen molar-refractivity contribution in [3.8, 4) is 0 Å². The smallest absolute Gasteiger partial charge is 0.146 e. The Labute approximate surface area is 106 Å². The zero-order valence-electron chi connectivity index (χ0n) is 9.27. The molecule has 0 heterocycles. The quantitative estimate of drug-likeness (QED) is 0.605. The van der Waals surface area contributed by atoms with Gasteiger partial charge in [0.15, 0.2) is 0 Å². The summed E-state index contributed by atoms with van der Waals surface area (Å²) in [6.45, 7) is 3.32. The van der Waals surface area contributed by atoms with Gasteiger partial charge < -0.3 is 5.32 Å². The van der Waals surface area contributed by atoms with Crippen LogP contribution in [-0.2, 0) is 6.54 Å². The monoisotopic (exact) mass is 263 g/mol. The second-order valence-corrected chi connectivity index (χ2v) is 4.71. The minimum Gasteiger partial charge on any atom is -0.313 e. The highest BCUT2D eigenvalue weighted by Gasteiger charge is 2.05. The van der Waals surface area contributed by atoms with E-state index in [1.54, 1.807) is 18.2 Å². The summed E-state index contributed by atoms with van der Waals surface area (Å²) in [7, 11) is 0. The zero-order chi connectivity index (χ0) is 12.0. The molecule has 0 saturated heterocycles. The minimum absolute atomic E-state index is 0.170. The molecular weight excluding hydrogens is 248 g/mol. The van der Waals surface area contributed by atoms with E-state index in [0.717, 1.165) is 19.4 Å². The highest BCUT2D eigenvalue weighted by atomic mass is 35.5. The van der Waals surface area contributed by atoms with E-state index in [0.29, 0.717) is 12.1 Å². The van der Waals surface area contributed by atoms with Crippen LogP contribution >= 0.6 is 23.2 Å². The van der Waals surface area contributed by atoms with Crippen LogP contribution in [0.4, 0.5) is 4.39 Å². The Balaban J connectivity index is 2.35. The summed E-state index contributed by atoms with van der Waals surface area (Å²) < 4.78 is 13.5. The van der Waals surface area contributed by atoms with Gasteiger partial charge in [0, 0.05) is 17.5 Å². The first-order chi connectivity index (χ1) is 7.65. The molecule has 1 atom stereocenters. The van der Waals surface area contributed by atoms with Crippen molar-refractivity contribution in [1.29, 1.82) is 0 Å². The van der Waals surface area contributed by atoms with Gasteiger partial charge in [-0.3, -0.25) is 0 Å². The van der Waals surface area contributed by atoms with Crippen LogP contribution in [0.2, 0.25) is 5.02 Å². The van der Waals surface area contributed by atoms with Crippen molar-refractivity contribution in [1.82, 2.24) is 5.32 Å². The Kier molecular flexibility index (Phi) is 6.10. The summed E-state index contributed by atoms with van der Waals surface area (Å²) >= 11 is 11.6. The molecule has 0 bridgehead atoms. The molecule has 1 rings (SSSR count). The number of rotatable bonds is 6. The molecule has 0 saturated carbocycles.